The third-order valence-electron chi connectivity index (χ3n) is 8.40. The number of nitrogens with one attached hydrogen (secondary N) is 2. The number of halogens is 1. The van der Waals surface area contributed by atoms with Crippen LogP contribution in [0.3, 0.4) is 0 Å². The number of amides is 2. The molecule has 8 rings (SSSR count). The fourth-order valence-electron chi connectivity index (χ4n) is 6.10. The number of fused-ring (bicyclic) bond motifs is 6. The molecule has 1 unspecified atom stereocenters. The average molecular weight is 622 g/mol. The van der Waals surface area contributed by atoms with Crippen LogP contribution in [-0.2, 0) is 13.5 Å². The van der Waals surface area contributed by atoms with Gasteiger partial charge in [-0.05, 0) is 90.2 Å². The van der Waals surface area contributed by atoms with E-state index in [4.69, 9.17) is 14.2 Å². The van der Waals surface area contributed by atoms with Crippen LogP contribution in [-0.4, -0.2) is 58.3 Å². The largest absolute Gasteiger partial charge is 0.493 e. The highest BCUT2D eigenvalue weighted by molar-refractivity contribution is 5.95. The molecular weight excluding hydrogens is 589 g/mol. The van der Waals surface area contributed by atoms with Crippen molar-refractivity contribution in [1.82, 2.24) is 25.0 Å². The van der Waals surface area contributed by atoms with Crippen LogP contribution in [0.5, 0.6) is 23.0 Å². The summed E-state index contributed by atoms with van der Waals surface area (Å²) >= 11 is 0. The molecule has 5 heterocycles. The van der Waals surface area contributed by atoms with Gasteiger partial charge in [0.1, 0.15) is 28.7 Å². The maximum Gasteiger partial charge on any atom is 0.272 e. The van der Waals surface area contributed by atoms with Crippen molar-refractivity contribution in [3.63, 3.8) is 0 Å². The summed E-state index contributed by atoms with van der Waals surface area (Å²) in [5, 5.41) is 10.1. The molecule has 0 saturated carbocycles. The molecule has 1 atom stereocenters. The summed E-state index contributed by atoms with van der Waals surface area (Å²) in [6.45, 7) is 0.978. The van der Waals surface area contributed by atoms with E-state index in [1.807, 2.05) is 71.2 Å². The smallest absolute Gasteiger partial charge is 0.272 e. The number of methoxy groups -OCH3 is 1. The lowest BCUT2D eigenvalue weighted by molar-refractivity contribution is 0.0688. The van der Waals surface area contributed by atoms with Crippen molar-refractivity contribution in [1.29, 1.82) is 0 Å². The number of rotatable bonds is 3. The van der Waals surface area contributed by atoms with Gasteiger partial charge in [-0.2, -0.15) is 5.10 Å². The van der Waals surface area contributed by atoms with Crippen LogP contribution in [0.4, 0.5) is 4.39 Å². The standard InChI is InChI=1S/C35H32FN5O5/c1-40-14-3-5-30(40)28-20-29(39-38-28)35(43)41-15-12-21-17-23-7-9-25(21)33(41)22-6-11-31(44-2)32(18-22)45-16-4-13-37-34(42)26-19-24(46-23)8-10-27(26)36/h3,5-11,14,17-20,33H,4,12-13,15-16H2,1-2H3,(H,37,42)(H,38,39). The minimum atomic E-state index is -0.636. The number of aromatic nitrogens is 3. The molecule has 5 aromatic rings. The topological polar surface area (TPSA) is 111 Å². The fourth-order valence-corrected chi connectivity index (χ4v) is 6.10. The van der Waals surface area contributed by atoms with Crippen LogP contribution in [0.25, 0.3) is 11.4 Å². The summed E-state index contributed by atoms with van der Waals surface area (Å²) < 4.78 is 34.4. The molecule has 3 aromatic carbocycles. The molecule has 0 saturated heterocycles. The van der Waals surface area contributed by atoms with Crippen LogP contribution >= 0.6 is 0 Å². The summed E-state index contributed by atoms with van der Waals surface area (Å²) in [4.78, 5) is 28.8. The lowest BCUT2D eigenvalue weighted by atomic mass is 9.87. The van der Waals surface area contributed by atoms with Gasteiger partial charge in [0.05, 0.1) is 31.0 Å². The van der Waals surface area contributed by atoms with Gasteiger partial charge >= 0.3 is 0 Å². The highest BCUT2D eigenvalue weighted by atomic mass is 19.1. The zero-order chi connectivity index (χ0) is 31.8. The Morgan fingerprint density at radius 1 is 1.07 bits per heavy atom. The Hall–Kier alpha value is -5.58. The molecule has 46 heavy (non-hydrogen) atoms. The van der Waals surface area contributed by atoms with E-state index in [9.17, 15) is 14.0 Å². The Morgan fingerprint density at radius 2 is 1.91 bits per heavy atom. The highest BCUT2D eigenvalue weighted by Crippen LogP contribution is 2.41. The number of aryl methyl sites for hydroxylation is 1. The SMILES string of the molecule is COc1ccc2cc1OCCCNC(=O)c1cc(ccc1F)Oc1ccc3c(c1)CCN(C(=O)c1cc(-c4cccn4C)n[nH]1)C23. The van der Waals surface area contributed by atoms with Gasteiger partial charge in [-0.1, -0.05) is 12.1 Å². The van der Waals surface area contributed by atoms with Gasteiger partial charge in [0.25, 0.3) is 11.8 Å². The van der Waals surface area contributed by atoms with Crippen molar-refractivity contribution in [2.45, 2.75) is 18.9 Å². The number of aromatic amines is 1. The molecule has 11 heteroatoms. The van der Waals surface area contributed by atoms with Gasteiger partial charge in [-0.25, -0.2) is 4.39 Å². The van der Waals surface area contributed by atoms with Gasteiger partial charge < -0.3 is 29.0 Å². The van der Waals surface area contributed by atoms with Crippen molar-refractivity contribution >= 4 is 11.8 Å². The highest BCUT2D eigenvalue weighted by Gasteiger charge is 2.34. The maximum atomic E-state index is 14.6. The predicted molar refractivity (Wildman–Crippen MR) is 168 cm³/mol. The molecular formula is C35H32FN5O5. The Balaban J connectivity index is 1.30. The molecule has 0 spiro atoms. The van der Waals surface area contributed by atoms with Crippen molar-refractivity contribution in [2.24, 2.45) is 7.05 Å². The molecule has 10 nitrogen and oxygen atoms in total. The maximum absolute atomic E-state index is 14.6. The van der Waals surface area contributed by atoms with E-state index in [0.29, 0.717) is 53.8 Å². The monoisotopic (exact) mass is 621 g/mol. The molecule has 2 amide bonds. The van der Waals surface area contributed by atoms with E-state index in [1.165, 1.54) is 18.2 Å². The Kier molecular flexibility index (Phi) is 7.65. The summed E-state index contributed by atoms with van der Waals surface area (Å²) in [5.41, 5.74) is 4.64. The first-order chi connectivity index (χ1) is 22.4. The van der Waals surface area contributed by atoms with E-state index < -0.39 is 17.8 Å². The normalized spacial score (nSPS) is 16.1. The third-order valence-corrected chi connectivity index (χ3v) is 8.40. The van der Waals surface area contributed by atoms with E-state index >= 15 is 0 Å². The predicted octanol–water partition coefficient (Wildman–Crippen LogP) is 5.66. The zero-order valence-corrected chi connectivity index (χ0v) is 25.4. The number of hydrogen-bond acceptors (Lipinski definition) is 6. The van der Waals surface area contributed by atoms with E-state index in [0.717, 1.165) is 22.4 Å². The van der Waals surface area contributed by atoms with Crippen LogP contribution in [0.2, 0.25) is 0 Å². The van der Waals surface area contributed by atoms with Gasteiger partial charge in [0.15, 0.2) is 11.5 Å². The molecule has 2 N–H and O–H groups in total. The quantitative estimate of drug-likeness (QED) is 0.269. The molecule has 3 aliphatic heterocycles. The average Bonchev–Trinajstić information content (AvgIpc) is 3.73. The molecule has 0 radical (unpaired) electrons. The number of hydrogen-bond donors (Lipinski definition) is 2. The van der Waals surface area contributed by atoms with E-state index in [-0.39, 0.29) is 24.6 Å². The summed E-state index contributed by atoms with van der Waals surface area (Å²) in [7, 11) is 3.50. The second-order valence-corrected chi connectivity index (χ2v) is 11.3. The Labute approximate surface area is 264 Å². The lowest BCUT2D eigenvalue weighted by Crippen LogP contribution is -2.40. The number of ether oxygens (including phenoxy) is 3. The van der Waals surface area contributed by atoms with Gasteiger partial charge in [-0.15, -0.1) is 0 Å². The minimum absolute atomic E-state index is 0.102. The first kappa shape index (κ1) is 29.1. The van der Waals surface area contributed by atoms with Crippen LogP contribution in [0.15, 0.2) is 79.0 Å². The van der Waals surface area contributed by atoms with Crippen molar-refractivity contribution in [3.8, 4) is 34.4 Å². The number of carbonyl (C=O) groups is 2. The second-order valence-electron chi connectivity index (χ2n) is 11.3. The van der Waals surface area contributed by atoms with Crippen molar-refractivity contribution in [2.75, 3.05) is 26.8 Å². The Morgan fingerprint density at radius 3 is 2.74 bits per heavy atom. The zero-order valence-electron chi connectivity index (χ0n) is 25.4. The summed E-state index contributed by atoms with van der Waals surface area (Å²) in [5.74, 6) is 0.582. The molecule has 234 valence electrons. The van der Waals surface area contributed by atoms with Crippen LogP contribution in [0.1, 0.15) is 50.0 Å². The second kappa shape index (κ2) is 12.1. The summed E-state index contributed by atoms with van der Waals surface area (Å²) in [6, 6.07) is 20.7. The lowest BCUT2D eigenvalue weighted by Gasteiger charge is -2.38. The third kappa shape index (κ3) is 5.44. The summed E-state index contributed by atoms with van der Waals surface area (Å²) in [6.07, 6.45) is 2.98. The van der Waals surface area contributed by atoms with Crippen molar-refractivity contribution < 1.29 is 28.2 Å². The Bertz CT molecular complexity index is 1950. The van der Waals surface area contributed by atoms with E-state index in [2.05, 4.69) is 15.5 Å². The first-order valence-corrected chi connectivity index (χ1v) is 15.1. The number of nitrogens with zero attached hydrogens (tertiary/aromatic N) is 3. The number of H-pyrrole nitrogens is 1. The van der Waals surface area contributed by atoms with E-state index in [1.54, 1.807) is 13.2 Å². The fraction of sp³-hybridized carbons (Fsp3) is 0.229. The molecule has 3 aliphatic rings. The van der Waals surface area contributed by atoms with Crippen LogP contribution in [0, 0.1) is 5.82 Å². The van der Waals surface area contributed by atoms with Gasteiger partial charge in [0, 0.05) is 26.3 Å². The minimum Gasteiger partial charge on any atom is -0.493 e. The number of carbonyl (C=O) groups excluding carboxylic acids is 2. The molecule has 0 aliphatic carbocycles. The van der Waals surface area contributed by atoms with Gasteiger partial charge in [-0.3, -0.25) is 14.7 Å². The van der Waals surface area contributed by atoms with Gasteiger partial charge in [0.2, 0.25) is 0 Å². The first-order valence-electron chi connectivity index (χ1n) is 15.1. The number of benzene rings is 3. The van der Waals surface area contributed by atoms with Crippen molar-refractivity contribution in [3.05, 3.63) is 113 Å². The molecule has 2 aromatic heterocycles. The molecule has 8 bridgehead atoms. The van der Waals surface area contributed by atoms with Crippen LogP contribution < -0.4 is 19.5 Å². The molecule has 0 fully saturated rings.